The number of hydrogen-bond acceptors (Lipinski definition) is 3. The number of nitrogens with zero attached hydrogens (tertiary/aromatic N) is 1. The van der Waals surface area contributed by atoms with Crippen molar-refractivity contribution in [3.05, 3.63) is 24.3 Å². The van der Waals surface area contributed by atoms with Gasteiger partial charge in [-0.15, -0.1) is 0 Å². The smallest absolute Gasteiger partial charge is 0.0573 e. The van der Waals surface area contributed by atoms with Gasteiger partial charge in [0.05, 0.1) is 11.4 Å². The van der Waals surface area contributed by atoms with E-state index in [1.54, 1.807) is 0 Å². The van der Waals surface area contributed by atoms with Gasteiger partial charge in [-0.25, -0.2) is 0 Å². The van der Waals surface area contributed by atoms with Crippen LogP contribution in [0.5, 0.6) is 0 Å². The van der Waals surface area contributed by atoms with Gasteiger partial charge in [-0.05, 0) is 87.3 Å². The third kappa shape index (κ3) is 3.99. The lowest BCUT2D eigenvalue weighted by Crippen LogP contribution is -2.53. The summed E-state index contributed by atoms with van der Waals surface area (Å²) in [7, 11) is 0. The second-order valence-corrected chi connectivity index (χ2v) is 9.52. The summed E-state index contributed by atoms with van der Waals surface area (Å²) in [6.45, 7) is 7.22. The fourth-order valence-electron chi connectivity index (χ4n) is 6.50. The second kappa shape index (κ2) is 8.43. The highest BCUT2D eigenvalue weighted by molar-refractivity contribution is 5.65. The standard InChI is InChI=1S/C24H39N3/c1-3-20-7-6-8-21(11-13-26-23-10-5-4-9-22(23)25)27(20)14-12-18-16-19-15-17(2)24(18)19/h4-5,9-10,17-21,24,26H,3,6-8,11-16,25H2,1-2H3/t17-,18+,19-,20+,21+,24?/m0/s1. The zero-order valence-electron chi connectivity index (χ0n) is 17.4. The number of piperidine rings is 1. The van der Waals surface area contributed by atoms with Crippen molar-refractivity contribution in [1.29, 1.82) is 0 Å². The molecular formula is C24H39N3. The van der Waals surface area contributed by atoms with E-state index in [4.69, 9.17) is 5.73 Å². The lowest BCUT2D eigenvalue weighted by atomic mass is 9.48. The first kappa shape index (κ1) is 19.1. The van der Waals surface area contributed by atoms with Gasteiger partial charge in [0.1, 0.15) is 0 Å². The fourth-order valence-corrected chi connectivity index (χ4v) is 6.50. The molecule has 1 saturated heterocycles. The van der Waals surface area contributed by atoms with Crippen LogP contribution in [0.4, 0.5) is 11.4 Å². The number of hydrogen-bond donors (Lipinski definition) is 2. The van der Waals surface area contributed by atoms with Crippen molar-refractivity contribution in [2.24, 2.45) is 23.7 Å². The first-order chi connectivity index (χ1) is 13.2. The van der Waals surface area contributed by atoms with Crippen molar-refractivity contribution >= 4 is 11.4 Å². The predicted octanol–water partition coefficient (Wildman–Crippen LogP) is 5.39. The molecule has 1 aromatic rings. The molecule has 0 spiro atoms. The number of nitrogens with one attached hydrogen (secondary N) is 1. The van der Waals surface area contributed by atoms with E-state index in [0.29, 0.717) is 0 Å². The predicted molar refractivity (Wildman–Crippen MR) is 116 cm³/mol. The summed E-state index contributed by atoms with van der Waals surface area (Å²) in [6.07, 6.45) is 11.2. The van der Waals surface area contributed by atoms with Gasteiger partial charge < -0.3 is 11.1 Å². The zero-order chi connectivity index (χ0) is 18.8. The number of likely N-dealkylation sites (tertiary alicyclic amines) is 1. The summed E-state index contributed by atoms with van der Waals surface area (Å²) in [5.74, 6) is 4.22. The fraction of sp³-hybridized carbons (Fsp3) is 0.750. The molecular weight excluding hydrogens is 330 g/mol. The highest BCUT2D eigenvalue weighted by atomic mass is 15.2. The third-order valence-corrected chi connectivity index (χ3v) is 8.02. The Morgan fingerprint density at radius 1 is 1.11 bits per heavy atom. The van der Waals surface area contributed by atoms with E-state index in [1.165, 1.54) is 57.9 Å². The lowest BCUT2D eigenvalue weighted by molar-refractivity contribution is -0.0898. The van der Waals surface area contributed by atoms with Crippen molar-refractivity contribution in [1.82, 2.24) is 4.90 Å². The molecule has 1 unspecified atom stereocenters. The molecule has 0 amide bonds. The number of anilines is 2. The highest BCUT2D eigenvalue weighted by Gasteiger charge is 2.51. The topological polar surface area (TPSA) is 41.3 Å². The molecule has 27 heavy (non-hydrogen) atoms. The Balaban J connectivity index is 1.29. The van der Waals surface area contributed by atoms with E-state index in [9.17, 15) is 0 Å². The molecule has 0 aromatic heterocycles. The summed E-state index contributed by atoms with van der Waals surface area (Å²) >= 11 is 0. The largest absolute Gasteiger partial charge is 0.397 e. The first-order valence-corrected chi connectivity index (χ1v) is 11.5. The molecule has 3 heteroatoms. The SMILES string of the molecule is CC[C@@H]1CCC[C@H](CCNc2ccccc2N)N1CC[C@@H]1C[C@@H]2C[C@H](C)C12. The molecule has 3 aliphatic rings. The van der Waals surface area contributed by atoms with E-state index >= 15 is 0 Å². The Hall–Kier alpha value is -1.22. The summed E-state index contributed by atoms with van der Waals surface area (Å²) < 4.78 is 0. The molecule has 2 aliphatic carbocycles. The molecule has 3 fully saturated rings. The molecule has 150 valence electrons. The quantitative estimate of drug-likeness (QED) is 0.604. The van der Waals surface area contributed by atoms with Crippen LogP contribution in [0.3, 0.4) is 0 Å². The van der Waals surface area contributed by atoms with Gasteiger partial charge in [0.2, 0.25) is 0 Å². The summed E-state index contributed by atoms with van der Waals surface area (Å²) in [6, 6.07) is 9.69. The second-order valence-electron chi connectivity index (χ2n) is 9.52. The van der Waals surface area contributed by atoms with Crippen LogP contribution in [0.2, 0.25) is 0 Å². The first-order valence-electron chi connectivity index (χ1n) is 11.5. The average molecular weight is 370 g/mol. The number of fused-ring (bicyclic) bond motifs is 1. The summed E-state index contributed by atoms with van der Waals surface area (Å²) in [5, 5.41) is 3.58. The van der Waals surface area contributed by atoms with Gasteiger partial charge in [-0.1, -0.05) is 32.4 Å². The highest BCUT2D eigenvalue weighted by Crippen LogP contribution is 2.58. The van der Waals surface area contributed by atoms with Gasteiger partial charge in [-0.3, -0.25) is 4.90 Å². The molecule has 1 heterocycles. The van der Waals surface area contributed by atoms with E-state index in [1.807, 2.05) is 12.1 Å². The maximum Gasteiger partial charge on any atom is 0.0573 e. The van der Waals surface area contributed by atoms with Crippen LogP contribution >= 0.6 is 0 Å². The molecule has 0 radical (unpaired) electrons. The van der Waals surface area contributed by atoms with Gasteiger partial charge in [0.25, 0.3) is 0 Å². The van der Waals surface area contributed by atoms with E-state index in [2.05, 4.69) is 36.2 Å². The number of nitrogens with two attached hydrogens (primary N) is 1. The Morgan fingerprint density at radius 3 is 2.67 bits per heavy atom. The zero-order valence-corrected chi connectivity index (χ0v) is 17.4. The average Bonchev–Trinajstić information content (AvgIpc) is 2.66. The molecule has 0 bridgehead atoms. The minimum absolute atomic E-state index is 0.746. The maximum atomic E-state index is 6.08. The van der Waals surface area contributed by atoms with Crippen LogP contribution in [0, 0.1) is 23.7 Å². The van der Waals surface area contributed by atoms with E-state index in [-0.39, 0.29) is 0 Å². The molecule has 2 saturated carbocycles. The minimum atomic E-state index is 0.746. The van der Waals surface area contributed by atoms with Crippen LogP contribution in [0.15, 0.2) is 24.3 Å². The third-order valence-electron chi connectivity index (χ3n) is 8.02. The van der Waals surface area contributed by atoms with Gasteiger partial charge in [0, 0.05) is 18.6 Å². The monoisotopic (exact) mass is 369 g/mol. The Morgan fingerprint density at radius 2 is 1.93 bits per heavy atom. The van der Waals surface area contributed by atoms with Crippen LogP contribution < -0.4 is 11.1 Å². The summed E-state index contributed by atoms with van der Waals surface area (Å²) in [5.41, 5.74) is 8.03. The van der Waals surface area contributed by atoms with Gasteiger partial charge >= 0.3 is 0 Å². The van der Waals surface area contributed by atoms with Gasteiger partial charge in [0.15, 0.2) is 0 Å². The molecule has 1 aliphatic heterocycles. The Kier molecular flexibility index (Phi) is 5.96. The van der Waals surface area contributed by atoms with Crippen molar-refractivity contribution < 1.29 is 0 Å². The number of rotatable bonds is 8. The van der Waals surface area contributed by atoms with Crippen molar-refractivity contribution in [2.45, 2.75) is 77.3 Å². The van der Waals surface area contributed by atoms with Crippen LogP contribution in [-0.4, -0.2) is 30.1 Å². The molecule has 1 aromatic carbocycles. The number of benzene rings is 1. The van der Waals surface area contributed by atoms with Crippen LogP contribution in [0.25, 0.3) is 0 Å². The summed E-state index contributed by atoms with van der Waals surface area (Å²) in [4.78, 5) is 2.90. The Labute approximate surface area is 166 Å². The Bertz CT molecular complexity index is 611. The van der Waals surface area contributed by atoms with E-state index in [0.717, 1.165) is 53.7 Å². The maximum absolute atomic E-state index is 6.08. The van der Waals surface area contributed by atoms with Crippen LogP contribution in [-0.2, 0) is 0 Å². The van der Waals surface area contributed by atoms with Gasteiger partial charge in [-0.2, -0.15) is 0 Å². The minimum Gasteiger partial charge on any atom is -0.397 e. The molecule has 4 rings (SSSR count). The van der Waals surface area contributed by atoms with E-state index < -0.39 is 0 Å². The number of para-hydroxylation sites is 2. The van der Waals surface area contributed by atoms with Crippen molar-refractivity contribution in [3.63, 3.8) is 0 Å². The van der Waals surface area contributed by atoms with Crippen LogP contribution in [0.1, 0.15) is 65.2 Å². The normalized spacial score (nSPS) is 35.8. The molecule has 6 atom stereocenters. The lowest BCUT2D eigenvalue weighted by Gasteiger charge is -2.58. The van der Waals surface area contributed by atoms with Crippen molar-refractivity contribution in [3.8, 4) is 0 Å². The van der Waals surface area contributed by atoms with Crippen molar-refractivity contribution in [2.75, 3.05) is 24.1 Å². The molecule has 3 N–H and O–H groups in total. The molecule has 3 nitrogen and oxygen atoms in total. The number of nitrogen functional groups attached to an aromatic ring is 1.